The fraction of sp³-hybridized carbons (Fsp3) is 0.111. The minimum absolute atomic E-state index is 0.0437. The molecule has 1 amide bonds. The van der Waals surface area contributed by atoms with E-state index in [1.807, 2.05) is 0 Å². The standard InChI is InChI=1S/C18H15ClN2O5S/c1-10(22)15-16(11-2-4-12(19)5-3-11)21(18(24)17(15)23)13-6-8-14(9-7-13)27(20,25)26/h2-9,16,23H,1H3,(H2,20,25,26)/t16-/m0/s1. The number of ketones is 1. The first-order chi connectivity index (χ1) is 12.6. The Hall–Kier alpha value is -2.68. The summed E-state index contributed by atoms with van der Waals surface area (Å²) in [4.78, 5) is 25.9. The summed E-state index contributed by atoms with van der Waals surface area (Å²) in [7, 11) is -3.89. The van der Waals surface area contributed by atoms with Crippen LogP contribution in [0.2, 0.25) is 5.02 Å². The Morgan fingerprint density at radius 1 is 1.11 bits per heavy atom. The number of anilines is 1. The molecule has 0 saturated heterocycles. The molecule has 0 bridgehead atoms. The molecule has 1 aliphatic rings. The fourth-order valence-corrected chi connectivity index (χ4v) is 3.63. The van der Waals surface area contributed by atoms with Crippen LogP contribution in [0.15, 0.2) is 64.8 Å². The normalized spacial score (nSPS) is 17.5. The summed E-state index contributed by atoms with van der Waals surface area (Å²) in [6.45, 7) is 1.26. The summed E-state index contributed by atoms with van der Waals surface area (Å²) in [6.07, 6.45) is 0. The van der Waals surface area contributed by atoms with Gasteiger partial charge in [-0.05, 0) is 48.9 Å². The second-order valence-electron chi connectivity index (χ2n) is 5.99. The highest BCUT2D eigenvalue weighted by Gasteiger charge is 2.43. The number of nitrogens with zero attached hydrogens (tertiary/aromatic N) is 1. The number of rotatable bonds is 4. The van der Waals surface area contributed by atoms with Crippen LogP contribution in [0, 0.1) is 0 Å². The predicted molar refractivity (Wildman–Crippen MR) is 99.8 cm³/mol. The van der Waals surface area contributed by atoms with Gasteiger partial charge in [0.05, 0.1) is 16.5 Å². The van der Waals surface area contributed by atoms with Gasteiger partial charge in [-0.15, -0.1) is 0 Å². The first-order valence-electron chi connectivity index (χ1n) is 7.77. The molecule has 0 unspecified atom stereocenters. The molecule has 9 heteroatoms. The zero-order valence-corrected chi connectivity index (χ0v) is 15.7. The third-order valence-corrected chi connectivity index (χ3v) is 5.40. The molecule has 7 nitrogen and oxygen atoms in total. The van der Waals surface area contributed by atoms with Crippen LogP contribution >= 0.6 is 11.6 Å². The average Bonchev–Trinajstić information content (AvgIpc) is 2.86. The Bertz CT molecular complexity index is 1060. The molecule has 1 atom stereocenters. The number of aliphatic hydroxyl groups is 1. The zero-order chi connectivity index (χ0) is 19.9. The molecule has 1 heterocycles. The monoisotopic (exact) mass is 406 g/mol. The average molecular weight is 407 g/mol. The topological polar surface area (TPSA) is 118 Å². The zero-order valence-electron chi connectivity index (χ0n) is 14.1. The number of hydrogen-bond acceptors (Lipinski definition) is 5. The summed E-state index contributed by atoms with van der Waals surface area (Å²) < 4.78 is 22.9. The highest BCUT2D eigenvalue weighted by molar-refractivity contribution is 7.89. The van der Waals surface area contributed by atoms with Crippen molar-refractivity contribution in [3.63, 3.8) is 0 Å². The number of amides is 1. The summed E-state index contributed by atoms with van der Waals surface area (Å²) in [6, 6.07) is 10.9. The molecule has 0 radical (unpaired) electrons. The van der Waals surface area contributed by atoms with Crippen LogP contribution in [0.4, 0.5) is 5.69 Å². The third-order valence-electron chi connectivity index (χ3n) is 4.22. The Morgan fingerprint density at radius 3 is 2.15 bits per heavy atom. The van der Waals surface area contributed by atoms with Crippen molar-refractivity contribution in [1.29, 1.82) is 0 Å². The van der Waals surface area contributed by atoms with Crippen molar-refractivity contribution in [1.82, 2.24) is 0 Å². The summed E-state index contributed by atoms with van der Waals surface area (Å²) in [5.41, 5.74) is 0.825. The maximum atomic E-state index is 12.6. The van der Waals surface area contributed by atoms with Crippen molar-refractivity contribution in [3.05, 3.63) is 70.4 Å². The number of benzene rings is 2. The lowest BCUT2D eigenvalue weighted by atomic mass is 9.96. The molecular formula is C18H15ClN2O5S. The van der Waals surface area contributed by atoms with Gasteiger partial charge >= 0.3 is 0 Å². The van der Waals surface area contributed by atoms with Gasteiger partial charge in [0.2, 0.25) is 10.0 Å². The highest BCUT2D eigenvalue weighted by atomic mass is 35.5. The maximum Gasteiger partial charge on any atom is 0.294 e. The molecule has 0 fully saturated rings. The van der Waals surface area contributed by atoms with E-state index in [1.54, 1.807) is 24.3 Å². The van der Waals surface area contributed by atoms with Crippen molar-refractivity contribution in [2.24, 2.45) is 5.14 Å². The van der Waals surface area contributed by atoms with Crippen molar-refractivity contribution < 1.29 is 23.1 Å². The summed E-state index contributed by atoms with van der Waals surface area (Å²) in [5.74, 6) is -1.86. The third kappa shape index (κ3) is 3.46. The second-order valence-corrected chi connectivity index (χ2v) is 7.98. The fourth-order valence-electron chi connectivity index (χ4n) is 2.99. The lowest BCUT2D eigenvalue weighted by Gasteiger charge is -2.26. The number of halogens is 1. The van der Waals surface area contributed by atoms with Crippen LogP contribution in [0.5, 0.6) is 0 Å². The molecule has 3 N–H and O–H groups in total. The molecule has 2 aromatic rings. The van der Waals surface area contributed by atoms with Crippen molar-refractivity contribution in [3.8, 4) is 0 Å². The number of hydrogen-bond donors (Lipinski definition) is 2. The number of Topliss-reactive ketones (excluding diaryl/α,β-unsaturated/α-hetero) is 1. The number of carbonyl (C=O) groups is 2. The van der Waals surface area contributed by atoms with Crippen molar-refractivity contribution >= 4 is 39.0 Å². The van der Waals surface area contributed by atoms with Gasteiger partial charge in [0, 0.05) is 10.7 Å². The number of primary sulfonamides is 1. The van der Waals surface area contributed by atoms with Crippen LogP contribution in [0.3, 0.4) is 0 Å². The second kappa shape index (κ2) is 6.80. The first kappa shape index (κ1) is 19.1. The van der Waals surface area contributed by atoms with Crippen LogP contribution in [0.25, 0.3) is 0 Å². The molecule has 140 valence electrons. The van der Waals surface area contributed by atoms with Gasteiger partial charge in [0.1, 0.15) is 0 Å². The minimum atomic E-state index is -3.89. The Balaban J connectivity index is 2.14. The first-order valence-corrected chi connectivity index (χ1v) is 9.69. The van der Waals surface area contributed by atoms with E-state index in [9.17, 15) is 23.1 Å². The van der Waals surface area contributed by atoms with E-state index in [0.717, 1.165) is 0 Å². The van der Waals surface area contributed by atoms with E-state index >= 15 is 0 Å². The number of carbonyl (C=O) groups excluding carboxylic acids is 2. The Labute approximate surface area is 160 Å². The molecule has 27 heavy (non-hydrogen) atoms. The van der Waals surface area contributed by atoms with Gasteiger partial charge in [-0.2, -0.15) is 0 Å². The summed E-state index contributed by atoms with van der Waals surface area (Å²) >= 11 is 5.91. The molecule has 0 saturated carbocycles. The molecule has 1 aliphatic heterocycles. The van der Waals surface area contributed by atoms with E-state index in [4.69, 9.17) is 16.7 Å². The van der Waals surface area contributed by atoms with Gasteiger partial charge in [-0.25, -0.2) is 13.6 Å². The molecule has 0 aromatic heterocycles. The largest absolute Gasteiger partial charge is 0.503 e. The predicted octanol–water partition coefficient (Wildman–Crippen LogP) is 2.48. The van der Waals surface area contributed by atoms with Gasteiger partial charge in [-0.1, -0.05) is 23.7 Å². The number of aliphatic hydroxyl groups excluding tert-OH is 1. The van der Waals surface area contributed by atoms with Gasteiger partial charge in [-0.3, -0.25) is 14.5 Å². The van der Waals surface area contributed by atoms with Crippen molar-refractivity contribution in [2.45, 2.75) is 17.9 Å². The molecule has 2 aromatic carbocycles. The van der Waals surface area contributed by atoms with Crippen LogP contribution in [0.1, 0.15) is 18.5 Å². The molecule has 0 spiro atoms. The maximum absolute atomic E-state index is 12.6. The highest BCUT2D eigenvalue weighted by Crippen LogP contribution is 2.41. The lowest BCUT2D eigenvalue weighted by Crippen LogP contribution is -2.30. The Kier molecular flexibility index (Phi) is 4.81. The van der Waals surface area contributed by atoms with Gasteiger partial charge in [0.25, 0.3) is 5.91 Å². The van der Waals surface area contributed by atoms with Crippen molar-refractivity contribution in [2.75, 3.05) is 4.90 Å². The van der Waals surface area contributed by atoms with E-state index in [0.29, 0.717) is 16.3 Å². The van der Waals surface area contributed by atoms with Gasteiger partial charge < -0.3 is 5.11 Å². The van der Waals surface area contributed by atoms with E-state index < -0.39 is 33.5 Å². The van der Waals surface area contributed by atoms with Crippen LogP contribution < -0.4 is 10.0 Å². The molecule has 0 aliphatic carbocycles. The quantitative estimate of drug-likeness (QED) is 0.808. The minimum Gasteiger partial charge on any atom is -0.503 e. The summed E-state index contributed by atoms with van der Waals surface area (Å²) in [5, 5.41) is 15.8. The molecular weight excluding hydrogens is 392 g/mol. The van der Waals surface area contributed by atoms with E-state index in [1.165, 1.54) is 36.1 Å². The van der Waals surface area contributed by atoms with E-state index in [-0.39, 0.29) is 10.5 Å². The molecule has 3 rings (SSSR count). The van der Waals surface area contributed by atoms with Crippen LogP contribution in [-0.4, -0.2) is 25.2 Å². The lowest BCUT2D eigenvalue weighted by molar-refractivity contribution is -0.117. The number of sulfonamides is 1. The smallest absolute Gasteiger partial charge is 0.294 e. The Morgan fingerprint density at radius 2 is 1.67 bits per heavy atom. The number of nitrogens with two attached hydrogens (primary N) is 1. The van der Waals surface area contributed by atoms with Crippen LogP contribution in [-0.2, 0) is 19.6 Å². The van der Waals surface area contributed by atoms with E-state index in [2.05, 4.69) is 0 Å². The SMILES string of the molecule is CC(=O)C1=C(O)C(=O)N(c2ccc(S(N)(=O)=O)cc2)[C@H]1c1ccc(Cl)cc1. The van der Waals surface area contributed by atoms with Gasteiger partial charge in [0.15, 0.2) is 11.5 Å².